The first kappa shape index (κ1) is 11.6. The zero-order chi connectivity index (χ0) is 12.3. The minimum Gasteiger partial charge on any atom is -0.480 e. The lowest BCUT2D eigenvalue weighted by Gasteiger charge is -2.32. The molecule has 2 rings (SSSR count). The topological polar surface area (TPSA) is 69.6 Å². The summed E-state index contributed by atoms with van der Waals surface area (Å²) < 4.78 is 0. The van der Waals surface area contributed by atoms with Crippen molar-refractivity contribution in [3.63, 3.8) is 0 Å². The largest absolute Gasteiger partial charge is 0.480 e. The first-order valence-corrected chi connectivity index (χ1v) is 5.47. The maximum Gasteiger partial charge on any atom is 0.323 e. The highest BCUT2D eigenvalue weighted by atomic mass is 16.4. The molecule has 1 heterocycles. The minimum atomic E-state index is -0.980. The van der Waals surface area contributed by atoms with Gasteiger partial charge in [0.05, 0.1) is 0 Å². The molecular formula is C12H14N2O3. The van der Waals surface area contributed by atoms with E-state index in [9.17, 15) is 9.59 Å². The van der Waals surface area contributed by atoms with Crippen LogP contribution < -0.4 is 5.32 Å². The second-order valence-electron chi connectivity index (χ2n) is 3.95. The summed E-state index contributed by atoms with van der Waals surface area (Å²) in [4.78, 5) is 24.1. The number of aliphatic carboxylic acids is 1. The van der Waals surface area contributed by atoms with E-state index in [0.29, 0.717) is 13.1 Å². The summed E-state index contributed by atoms with van der Waals surface area (Å²) in [5, 5.41) is 11.8. The third-order valence-electron chi connectivity index (χ3n) is 2.75. The van der Waals surface area contributed by atoms with Crippen LogP contribution in [0.25, 0.3) is 0 Å². The molecule has 0 spiro atoms. The molecule has 0 aliphatic carbocycles. The van der Waals surface area contributed by atoms with Crippen molar-refractivity contribution < 1.29 is 14.7 Å². The molecular weight excluding hydrogens is 220 g/mol. The van der Waals surface area contributed by atoms with E-state index in [1.807, 2.05) is 30.3 Å². The lowest BCUT2D eigenvalue weighted by molar-refractivity contribution is -0.146. The van der Waals surface area contributed by atoms with Gasteiger partial charge in [-0.3, -0.25) is 9.59 Å². The van der Waals surface area contributed by atoms with E-state index < -0.39 is 12.0 Å². The van der Waals surface area contributed by atoms with Gasteiger partial charge >= 0.3 is 5.97 Å². The molecule has 1 amide bonds. The van der Waals surface area contributed by atoms with E-state index in [0.717, 1.165) is 5.56 Å². The Kier molecular flexibility index (Phi) is 3.39. The first-order chi connectivity index (χ1) is 8.18. The van der Waals surface area contributed by atoms with Crippen molar-refractivity contribution >= 4 is 11.9 Å². The van der Waals surface area contributed by atoms with Crippen LogP contribution in [0.15, 0.2) is 30.3 Å². The first-order valence-electron chi connectivity index (χ1n) is 5.47. The Balaban J connectivity index is 2.14. The van der Waals surface area contributed by atoms with Gasteiger partial charge < -0.3 is 15.3 Å². The summed E-state index contributed by atoms with van der Waals surface area (Å²) in [6.45, 7) is 0.816. The monoisotopic (exact) mass is 234 g/mol. The van der Waals surface area contributed by atoms with Crippen LogP contribution in [0.1, 0.15) is 11.6 Å². The Morgan fingerprint density at radius 2 is 2.12 bits per heavy atom. The van der Waals surface area contributed by atoms with Crippen LogP contribution in [0, 0.1) is 0 Å². The summed E-state index contributed by atoms with van der Waals surface area (Å²) in [5.74, 6) is -1.16. The quantitative estimate of drug-likeness (QED) is 0.786. The molecule has 0 unspecified atom stereocenters. The van der Waals surface area contributed by atoms with E-state index in [1.165, 1.54) is 4.90 Å². The molecule has 17 heavy (non-hydrogen) atoms. The molecule has 1 aliphatic rings. The summed E-state index contributed by atoms with van der Waals surface area (Å²) in [5.41, 5.74) is 0.868. The van der Waals surface area contributed by atoms with Crippen molar-refractivity contribution in [2.24, 2.45) is 0 Å². The number of rotatable bonds is 3. The van der Waals surface area contributed by atoms with E-state index >= 15 is 0 Å². The fraction of sp³-hybridized carbons (Fsp3) is 0.333. The molecule has 0 saturated carbocycles. The average Bonchev–Trinajstić information content (AvgIpc) is 2.32. The van der Waals surface area contributed by atoms with E-state index in [1.54, 1.807) is 0 Å². The highest BCUT2D eigenvalue weighted by molar-refractivity contribution is 5.87. The fourth-order valence-corrected chi connectivity index (χ4v) is 1.95. The Morgan fingerprint density at radius 3 is 2.76 bits per heavy atom. The number of carbonyl (C=O) groups excluding carboxylic acids is 1. The smallest absolute Gasteiger partial charge is 0.323 e. The van der Waals surface area contributed by atoms with E-state index in [2.05, 4.69) is 5.32 Å². The number of carboxylic acids is 1. The van der Waals surface area contributed by atoms with Gasteiger partial charge in [-0.1, -0.05) is 30.3 Å². The Hall–Kier alpha value is -1.88. The number of amides is 1. The number of nitrogens with one attached hydrogen (secondary N) is 1. The number of nitrogens with zero attached hydrogens (tertiary/aromatic N) is 1. The molecule has 1 fully saturated rings. The second-order valence-corrected chi connectivity index (χ2v) is 3.95. The van der Waals surface area contributed by atoms with Crippen molar-refractivity contribution in [1.29, 1.82) is 0 Å². The van der Waals surface area contributed by atoms with E-state index in [4.69, 9.17) is 5.11 Å². The molecule has 5 heteroatoms. The van der Waals surface area contributed by atoms with Crippen LogP contribution in [0.5, 0.6) is 0 Å². The molecule has 0 radical (unpaired) electrons. The molecule has 1 aromatic carbocycles. The van der Waals surface area contributed by atoms with Gasteiger partial charge in [0.15, 0.2) is 0 Å². The molecule has 2 N–H and O–H groups in total. The lowest BCUT2D eigenvalue weighted by atomic mass is 10.0. The summed E-state index contributed by atoms with van der Waals surface area (Å²) >= 11 is 0. The maximum atomic E-state index is 12.1. The van der Waals surface area contributed by atoms with Crippen LogP contribution in [0.4, 0.5) is 0 Å². The van der Waals surface area contributed by atoms with Crippen LogP contribution in [-0.4, -0.2) is 41.5 Å². The van der Waals surface area contributed by atoms with Gasteiger partial charge in [0.25, 0.3) is 0 Å². The highest BCUT2D eigenvalue weighted by Gasteiger charge is 2.30. The Bertz CT molecular complexity index is 419. The Morgan fingerprint density at radius 1 is 1.41 bits per heavy atom. The van der Waals surface area contributed by atoms with Crippen molar-refractivity contribution in [2.75, 3.05) is 19.6 Å². The normalized spacial score (nSPS) is 20.4. The van der Waals surface area contributed by atoms with Crippen molar-refractivity contribution in [3.8, 4) is 0 Å². The van der Waals surface area contributed by atoms with Crippen molar-refractivity contribution in [2.45, 2.75) is 6.04 Å². The predicted molar refractivity (Wildman–Crippen MR) is 61.4 cm³/mol. The zero-order valence-electron chi connectivity index (χ0n) is 9.30. The minimum absolute atomic E-state index is 0.176. The lowest BCUT2D eigenvalue weighted by Crippen LogP contribution is -2.51. The number of hydrogen-bond acceptors (Lipinski definition) is 3. The fourth-order valence-electron chi connectivity index (χ4n) is 1.95. The Labute approximate surface area is 99.0 Å². The van der Waals surface area contributed by atoms with Crippen LogP contribution in [-0.2, 0) is 9.59 Å². The summed E-state index contributed by atoms with van der Waals surface area (Å²) in [6, 6.07) is 8.90. The average molecular weight is 234 g/mol. The number of carboxylic acid groups (broad SMARTS) is 1. The molecule has 5 nitrogen and oxygen atoms in total. The summed E-state index contributed by atoms with van der Waals surface area (Å²) in [7, 11) is 0. The number of benzene rings is 1. The van der Waals surface area contributed by atoms with Gasteiger partial charge in [0, 0.05) is 13.1 Å². The van der Waals surface area contributed by atoms with E-state index in [-0.39, 0.29) is 12.5 Å². The van der Waals surface area contributed by atoms with Gasteiger partial charge in [-0.05, 0) is 5.56 Å². The number of piperazine rings is 1. The van der Waals surface area contributed by atoms with Crippen LogP contribution >= 0.6 is 0 Å². The predicted octanol–water partition coefficient (Wildman–Crippen LogP) is 0.244. The third kappa shape index (κ3) is 2.62. The number of carbonyl (C=O) groups is 2. The van der Waals surface area contributed by atoms with Crippen molar-refractivity contribution in [1.82, 2.24) is 10.2 Å². The summed E-state index contributed by atoms with van der Waals surface area (Å²) in [6.07, 6.45) is 0. The number of hydrogen-bond donors (Lipinski definition) is 2. The van der Waals surface area contributed by atoms with Crippen LogP contribution in [0.3, 0.4) is 0 Å². The molecule has 0 bridgehead atoms. The van der Waals surface area contributed by atoms with Crippen LogP contribution in [0.2, 0.25) is 0 Å². The van der Waals surface area contributed by atoms with Gasteiger partial charge in [0.2, 0.25) is 5.91 Å². The molecule has 1 aliphatic heterocycles. The van der Waals surface area contributed by atoms with Gasteiger partial charge in [-0.25, -0.2) is 0 Å². The molecule has 1 atom stereocenters. The molecule has 1 saturated heterocycles. The molecule has 1 aromatic rings. The standard InChI is InChI=1S/C12H14N2O3/c15-10(16)8-14-7-6-13-11(12(14)17)9-4-2-1-3-5-9/h1-5,11,13H,6-8H2,(H,15,16)/t11-/m0/s1. The molecule has 0 aromatic heterocycles. The third-order valence-corrected chi connectivity index (χ3v) is 2.75. The molecule has 90 valence electrons. The second kappa shape index (κ2) is 4.97. The van der Waals surface area contributed by atoms with Gasteiger partial charge in [0.1, 0.15) is 12.6 Å². The van der Waals surface area contributed by atoms with Gasteiger partial charge in [-0.2, -0.15) is 0 Å². The SMILES string of the molecule is O=C(O)CN1CCN[C@@H](c2ccccc2)C1=O. The maximum absolute atomic E-state index is 12.1. The van der Waals surface area contributed by atoms with Crippen molar-refractivity contribution in [3.05, 3.63) is 35.9 Å². The zero-order valence-corrected chi connectivity index (χ0v) is 9.30. The van der Waals surface area contributed by atoms with Gasteiger partial charge in [-0.15, -0.1) is 0 Å². The highest BCUT2D eigenvalue weighted by Crippen LogP contribution is 2.18.